The molecule has 112 valence electrons. The standard InChI is InChI=1S/C15H19N3O2S/c1-11-3-5-12(6-4-11)20-8-7-18(2)15(19)13-10-21-14(9-16)17-13/h3-6,10H,7-9,16H2,1-2H3. The van der Waals surface area contributed by atoms with Crippen molar-refractivity contribution in [1.29, 1.82) is 0 Å². The maximum atomic E-state index is 12.1. The van der Waals surface area contributed by atoms with Crippen LogP contribution in [0.2, 0.25) is 0 Å². The smallest absolute Gasteiger partial charge is 0.273 e. The Balaban J connectivity index is 1.82. The van der Waals surface area contributed by atoms with Gasteiger partial charge in [-0.05, 0) is 19.1 Å². The largest absolute Gasteiger partial charge is 0.492 e. The summed E-state index contributed by atoms with van der Waals surface area (Å²) < 4.78 is 5.61. The van der Waals surface area contributed by atoms with Crippen molar-refractivity contribution in [2.24, 2.45) is 5.73 Å². The molecule has 0 aliphatic rings. The zero-order valence-corrected chi connectivity index (χ0v) is 13.0. The third kappa shape index (κ3) is 4.27. The summed E-state index contributed by atoms with van der Waals surface area (Å²) in [4.78, 5) is 17.9. The summed E-state index contributed by atoms with van der Waals surface area (Å²) in [7, 11) is 1.74. The molecule has 0 saturated carbocycles. The lowest BCUT2D eigenvalue weighted by molar-refractivity contribution is 0.0768. The van der Waals surface area contributed by atoms with Gasteiger partial charge in [0.25, 0.3) is 5.91 Å². The Kier molecular flexibility index (Phi) is 5.30. The van der Waals surface area contributed by atoms with E-state index in [1.165, 1.54) is 16.9 Å². The SMILES string of the molecule is Cc1ccc(OCCN(C)C(=O)c2csc(CN)n2)cc1. The Labute approximate surface area is 128 Å². The first-order valence-corrected chi connectivity index (χ1v) is 7.57. The van der Waals surface area contributed by atoms with Gasteiger partial charge in [-0.25, -0.2) is 4.98 Å². The van der Waals surface area contributed by atoms with Gasteiger partial charge >= 0.3 is 0 Å². The van der Waals surface area contributed by atoms with Crippen LogP contribution in [0.25, 0.3) is 0 Å². The van der Waals surface area contributed by atoms with Gasteiger partial charge in [0.2, 0.25) is 0 Å². The molecule has 1 aromatic heterocycles. The number of hydrogen-bond acceptors (Lipinski definition) is 5. The van der Waals surface area contributed by atoms with Crippen molar-refractivity contribution in [2.45, 2.75) is 13.5 Å². The highest BCUT2D eigenvalue weighted by molar-refractivity contribution is 7.09. The minimum absolute atomic E-state index is 0.113. The molecular weight excluding hydrogens is 286 g/mol. The Morgan fingerprint density at radius 1 is 1.38 bits per heavy atom. The van der Waals surface area contributed by atoms with E-state index in [1.807, 2.05) is 31.2 Å². The predicted molar refractivity (Wildman–Crippen MR) is 83.6 cm³/mol. The number of aryl methyl sites for hydroxylation is 1. The molecule has 1 aromatic carbocycles. The van der Waals surface area contributed by atoms with Crippen molar-refractivity contribution in [3.8, 4) is 5.75 Å². The number of rotatable bonds is 6. The number of amides is 1. The molecule has 5 nitrogen and oxygen atoms in total. The first kappa shape index (κ1) is 15.5. The second-order valence-electron chi connectivity index (χ2n) is 4.72. The van der Waals surface area contributed by atoms with E-state index in [-0.39, 0.29) is 5.91 Å². The fraction of sp³-hybridized carbons (Fsp3) is 0.333. The van der Waals surface area contributed by atoms with E-state index in [1.54, 1.807) is 17.3 Å². The summed E-state index contributed by atoms with van der Waals surface area (Å²) in [6.45, 7) is 3.33. The molecule has 0 unspecified atom stereocenters. The van der Waals surface area contributed by atoms with Gasteiger partial charge in [-0.2, -0.15) is 0 Å². The molecule has 0 radical (unpaired) electrons. The summed E-state index contributed by atoms with van der Waals surface area (Å²) in [5.74, 6) is 0.694. The average Bonchev–Trinajstić information content (AvgIpc) is 2.97. The van der Waals surface area contributed by atoms with Crippen LogP contribution in [-0.2, 0) is 6.54 Å². The molecule has 21 heavy (non-hydrogen) atoms. The van der Waals surface area contributed by atoms with E-state index in [4.69, 9.17) is 10.5 Å². The van der Waals surface area contributed by atoms with Crippen LogP contribution in [0.3, 0.4) is 0 Å². The lowest BCUT2D eigenvalue weighted by Crippen LogP contribution is -2.31. The fourth-order valence-corrected chi connectivity index (χ4v) is 2.38. The van der Waals surface area contributed by atoms with Crippen LogP contribution in [0.4, 0.5) is 0 Å². The summed E-state index contributed by atoms with van der Waals surface area (Å²) >= 11 is 1.40. The Morgan fingerprint density at radius 2 is 2.10 bits per heavy atom. The van der Waals surface area contributed by atoms with Gasteiger partial charge < -0.3 is 15.4 Å². The van der Waals surface area contributed by atoms with Crippen molar-refractivity contribution in [3.63, 3.8) is 0 Å². The van der Waals surface area contributed by atoms with Gasteiger partial charge in [0.05, 0.1) is 6.54 Å². The molecule has 0 atom stereocenters. The van der Waals surface area contributed by atoms with E-state index in [0.29, 0.717) is 25.4 Å². The number of nitrogens with two attached hydrogens (primary N) is 1. The highest BCUT2D eigenvalue weighted by atomic mass is 32.1. The number of carbonyl (C=O) groups excluding carboxylic acids is 1. The number of carbonyl (C=O) groups is 1. The van der Waals surface area contributed by atoms with Crippen LogP contribution in [0.5, 0.6) is 5.75 Å². The highest BCUT2D eigenvalue weighted by Gasteiger charge is 2.15. The number of benzene rings is 1. The maximum Gasteiger partial charge on any atom is 0.273 e. The topological polar surface area (TPSA) is 68.5 Å². The normalized spacial score (nSPS) is 10.4. The quantitative estimate of drug-likeness (QED) is 0.887. The number of ether oxygens (including phenoxy) is 1. The number of likely N-dealkylation sites (N-methyl/N-ethyl adjacent to an activating group) is 1. The molecule has 1 amide bonds. The molecule has 2 N–H and O–H groups in total. The fourth-order valence-electron chi connectivity index (χ4n) is 1.73. The maximum absolute atomic E-state index is 12.1. The van der Waals surface area contributed by atoms with Gasteiger partial charge in [-0.3, -0.25) is 4.79 Å². The molecule has 0 fully saturated rings. The third-order valence-electron chi connectivity index (χ3n) is 3.01. The van der Waals surface area contributed by atoms with Crippen molar-refractivity contribution in [2.75, 3.05) is 20.2 Å². The average molecular weight is 305 g/mol. The van der Waals surface area contributed by atoms with Crippen LogP contribution >= 0.6 is 11.3 Å². The molecule has 2 rings (SSSR count). The van der Waals surface area contributed by atoms with E-state index < -0.39 is 0 Å². The Bertz CT molecular complexity index is 595. The molecule has 0 aliphatic heterocycles. The minimum Gasteiger partial charge on any atom is -0.492 e. The predicted octanol–water partition coefficient (Wildman–Crippen LogP) is 2.06. The number of thiazole rings is 1. The molecular formula is C15H19N3O2S. The van der Waals surface area contributed by atoms with Crippen molar-refractivity contribution < 1.29 is 9.53 Å². The zero-order valence-electron chi connectivity index (χ0n) is 12.2. The zero-order chi connectivity index (χ0) is 15.2. The molecule has 0 bridgehead atoms. The summed E-state index contributed by atoms with van der Waals surface area (Å²) in [6, 6.07) is 7.83. The molecule has 1 heterocycles. The monoisotopic (exact) mass is 305 g/mol. The van der Waals surface area contributed by atoms with E-state index in [0.717, 1.165) is 10.8 Å². The van der Waals surface area contributed by atoms with Gasteiger partial charge in [0, 0.05) is 19.0 Å². The second-order valence-corrected chi connectivity index (χ2v) is 5.66. The van der Waals surface area contributed by atoms with Crippen LogP contribution in [0, 0.1) is 6.92 Å². The highest BCUT2D eigenvalue weighted by Crippen LogP contribution is 2.12. The van der Waals surface area contributed by atoms with E-state index in [2.05, 4.69) is 4.98 Å². The lowest BCUT2D eigenvalue weighted by Gasteiger charge is -2.16. The van der Waals surface area contributed by atoms with Crippen LogP contribution in [0.15, 0.2) is 29.6 Å². The molecule has 0 aliphatic carbocycles. The second kappa shape index (κ2) is 7.19. The van der Waals surface area contributed by atoms with Crippen LogP contribution in [0.1, 0.15) is 21.1 Å². The lowest BCUT2D eigenvalue weighted by atomic mass is 10.2. The Morgan fingerprint density at radius 3 is 2.71 bits per heavy atom. The summed E-state index contributed by atoms with van der Waals surface area (Å²) in [6.07, 6.45) is 0. The Hall–Kier alpha value is -1.92. The number of hydrogen-bond donors (Lipinski definition) is 1. The third-order valence-corrected chi connectivity index (χ3v) is 3.88. The van der Waals surface area contributed by atoms with Crippen molar-refractivity contribution >= 4 is 17.2 Å². The first-order chi connectivity index (χ1) is 10.1. The van der Waals surface area contributed by atoms with Crippen molar-refractivity contribution in [3.05, 3.63) is 45.9 Å². The van der Waals surface area contributed by atoms with Crippen LogP contribution < -0.4 is 10.5 Å². The molecule has 2 aromatic rings. The van der Waals surface area contributed by atoms with Crippen LogP contribution in [-0.4, -0.2) is 36.0 Å². The van der Waals surface area contributed by atoms with Gasteiger partial charge in [-0.15, -0.1) is 11.3 Å². The molecule has 0 spiro atoms. The summed E-state index contributed by atoms with van der Waals surface area (Å²) in [5, 5.41) is 2.50. The number of aromatic nitrogens is 1. The molecule has 0 saturated heterocycles. The van der Waals surface area contributed by atoms with Gasteiger partial charge in [0.1, 0.15) is 23.1 Å². The minimum atomic E-state index is -0.113. The van der Waals surface area contributed by atoms with Crippen molar-refractivity contribution in [1.82, 2.24) is 9.88 Å². The van der Waals surface area contributed by atoms with E-state index >= 15 is 0 Å². The van der Waals surface area contributed by atoms with Gasteiger partial charge in [-0.1, -0.05) is 17.7 Å². The van der Waals surface area contributed by atoms with Gasteiger partial charge in [0.15, 0.2) is 0 Å². The summed E-state index contributed by atoms with van der Waals surface area (Å²) in [5.41, 5.74) is 7.13. The van der Waals surface area contributed by atoms with E-state index in [9.17, 15) is 4.79 Å². The number of nitrogens with zero attached hydrogens (tertiary/aromatic N) is 2. The first-order valence-electron chi connectivity index (χ1n) is 6.69. The molecule has 6 heteroatoms.